The molecule has 1 atom stereocenters. The molecule has 2 rings (SSSR count). The predicted octanol–water partition coefficient (Wildman–Crippen LogP) is 3.67. The third-order valence-electron chi connectivity index (χ3n) is 4.20. The van der Waals surface area contributed by atoms with Crippen LogP contribution in [0.4, 0.5) is 8.78 Å². The van der Waals surface area contributed by atoms with Crippen LogP contribution in [-0.4, -0.2) is 31.7 Å². The number of hydrogen-bond acceptors (Lipinski definition) is 3. The number of carbonyl (C=O) groups is 1. The fourth-order valence-electron chi connectivity index (χ4n) is 3.23. The maximum Gasteiger partial charge on any atom is 0.260 e. The van der Waals surface area contributed by atoms with E-state index < -0.39 is 23.5 Å². The summed E-state index contributed by atoms with van der Waals surface area (Å²) in [6, 6.07) is 0. The van der Waals surface area contributed by atoms with Gasteiger partial charge in [0.2, 0.25) is 0 Å². The Kier molecular flexibility index (Phi) is 4.97. The molecule has 0 aromatic heterocycles. The third kappa shape index (κ3) is 3.52. The van der Waals surface area contributed by atoms with Crippen LogP contribution < -0.4 is 0 Å². The molecule has 1 heterocycles. The summed E-state index contributed by atoms with van der Waals surface area (Å²) in [5.74, 6) is -1.45. The summed E-state index contributed by atoms with van der Waals surface area (Å²) in [5, 5.41) is 0. The number of carbonyl (C=O) groups excluding carboxylic acids is 1. The molecular formula is C17H22F2O3. The van der Waals surface area contributed by atoms with Gasteiger partial charge in [-0.1, -0.05) is 26.0 Å². The summed E-state index contributed by atoms with van der Waals surface area (Å²) in [5.41, 5.74) is 0.310. The molecule has 0 bridgehead atoms. The predicted molar refractivity (Wildman–Crippen MR) is 79.6 cm³/mol. The van der Waals surface area contributed by atoms with Crippen molar-refractivity contribution in [2.24, 2.45) is 11.3 Å². The van der Waals surface area contributed by atoms with Gasteiger partial charge in [-0.15, -0.1) is 0 Å². The van der Waals surface area contributed by atoms with Crippen LogP contribution in [0.5, 0.6) is 0 Å². The van der Waals surface area contributed by atoms with Crippen molar-refractivity contribution in [3.05, 3.63) is 35.5 Å². The Morgan fingerprint density at radius 1 is 1.36 bits per heavy atom. The molecule has 0 saturated carbocycles. The van der Waals surface area contributed by atoms with Crippen molar-refractivity contribution in [3.8, 4) is 0 Å². The Morgan fingerprint density at radius 2 is 2.00 bits per heavy atom. The first-order valence-corrected chi connectivity index (χ1v) is 7.39. The standard InChI is InChI=1S/C17H22F2O3/c1-12(6-7-20)4-5-14-13(15(18)19)10-17(11-16(14,2)3)21-8-9-22-17/h4-7,10,14-15H,8-9,11H2,1-3H3/b5-4+,12-6-. The van der Waals surface area contributed by atoms with Gasteiger partial charge in [-0.05, 0) is 30.1 Å². The van der Waals surface area contributed by atoms with Gasteiger partial charge in [0.05, 0.1) is 13.2 Å². The van der Waals surface area contributed by atoms with Crippen molar-refractivity contribution in [2.75, 3.05) is 13.2 Å². The van der Waals surface area contributed by atoms with Crippen LogP contribution in [0.15, 0.2) is 35.5 Å². The average Bonchev–Trinajstić information content (AvgIpc) is 2.84. The van der Waals surface area contributed by atoms with Gasteiger partial charge in [0.1, 0.15) is 6.29 Å². The van der Waals surface area contributed by atoms with Crippen molar-refractivity contribution in [1.29, 1.82) is 0 Å². The summed E-state index contributed by atoms with van der Waals surface area (Å²) in [6.07, 6.45) is 4.94. The molecule has 1 spiro atoms. The molecule has 1 fully saturated rings. The van der Waals surface area contributed by atoms with E-state index in [2.05, 4.69) is 0 Å². The normalized spacial score (nSPS) is 27.6. The average molecular weight is 312 g/mol. The van der Waals surface area contributed by atoms with Crippen molar-refractivity contribution in [3.63, 3.8) is 0 Å². The molecule has 22 heavy (non-hydrogen) atoms. The first-order chi connectivity index (χ1) is 10.3. The zero-order valence-corrected chi connectivity index (χ0v) is 13.1. The fraction of sp³-hybridized carbons (Fsp3) is 0.588. The smallest absolute Gasteiger partial charge is 0.260 e. The van der Waals surface area contributed by atoms with Crippen LogP contribution in [0.1, 0.15) is 27.2 Å². The number of rotatable bonds is 4. The molecular weight excluding hydrogens is 290 g/mol. The van der Waals surface area contributed by atoms with E-state index in [9.17, 15) is 13.6 Å². The van der Waals surface area contributed by atoms with Crippen LogP contribution in [0.25, 0.3) is 0 Å². The summed E-state index contributed by atoms with van der Waals surface area (Å²) in [7, 11) is 0. The lowest BCUT2D eigenvalue weighted by atomic mass is 9.66. The first-order valence-electron chi connectivity index (χ1n) is 7.39. The Hall–Kier alpha value is -1.33. The molecule has 0 N–H and O–H groups in total. The molecule has 0 aromatic rings. The topological polar surface area (TPSA) is 35.5 Å². The highest BCUT2D eigenvalue weighted by Gasteiger charge is 2.49. The summed E-state index contributed by atoms with van der Waals surface area (Å²) < 4.78 is 38.3. The maximum absolute atomic E-state index is 13.5. The lowest BCUT2D eigenvalue weighted by molar-refractivity contribution is -0.151. The van der Waals surface area contributed by atoms with Gasteiger partial charge in [-0.25, -0.2) is 8.78 Å². The molecule has 5 heteroatoms. The molecule has 3 nitrogen and oxygen atoms in total. The molecule has 122 valence electrons. The van der Waals surface area contributed by atoms with Gasteiger partial charge < -0.3 is 9.47 Å². The van der Waals surface area contributed by atoms with E-state index in [4.69, 9.17) is 9.47 Å². The zero-order chi connectivity index (χ0) is 16.4. The van der Waals surface area contributed by atoms with E-state index in [1.807, 2.05) is 13.8 Å². The van der Waals surface area contributed by atoms with Gasteiger partial charge in [-0.3, -0.25) is 4.79 Å². The monoisotopic (exact) mass is 312 g/mol. The van der Waals surface area contributed by atoms with E-state index in [0.29, 0.717) is 25.9 Å². The van der Waals surface area contributed by atoms with Crippen LogP contribution >= 0.6 is 0 Å². The summed E-state index contributed by atoms with van der Waals surface area (Å²) >= 11 is 0. The van der Waals surface area contributed by atoms with Crippen LogP contribution in [-0.2, 0) is 14.3 Å². The second-order valence-electron chi connectivity index (χ2n) is 6.50. The molecule has 1 saturated heterocycles. The van der Waals surface area contributed by atoms with E-state index in [1.165, 1.54) is 12.2 Å². The van der Waals surface area contributed by atoms with E-state index >= 15 is 0 Å². The van der Waals surface area contributed by atoms with E-state index in [1.54, 1.807) is 19.1 Å². The minimum absolute atomic E-state index is 0.0216. The summed E-state index contributed by atoms with van der Waals surface area (Å²) in [6.45, 7) is 6.47. The molecule has 0 aromatic carbocycles. The maximum atomic E-state index is 13.5. The number of alkyl halides is 2. The lowest BCUT2D eigenvalue weighted by Gasteiger charge is -2.44. The number of allylic oxidation sites excluding steroid dienone is 5. The Labute approximate surface area is 129 Å². The van der Waals surface area contributed by atoms with Crippen LogP contribution in [0.3, 0.4) is 0 Å². The number of ether oxygens (including phenoxy) is 2. The number of hydrogen-bond donors (Lipinski definition) is 0. The zero-order valence-electron chi connectivity index (χ0n) is 13.1. The van der Waals surface area contributed by atoms with Crippen molar-refractivity contribution in [1.82, 2.24) is 0 Å². The van der Waals surface area contributed by atoms with E-state index in [0.717, 1.165) is 5.57 Å². The Morgan fingerprint density at radius 3 is 2.55 bits per heavy atom. The minimum atomic E-state index is -2.57. The molecule has 0 radical (unpaired) electrons. The largest absolute Gasteiger partial charge is 0.344 e. The van der Waals surface area contributed by atoms with Gasteiger partial charge >= 0.3 is 0 Å². The molecule has 2 aliphatic rings. The third-order valence-corrected chi connectivity index (χ3v) is 4.20. The number of aldehydes is 1. The first kappa shape index (κ1) is 17.0. The van der Waals surface area contributed by atoms with Gasteiger partial charge in [0.25, 0.3) is 6.43 Å². The highest BCUT2D eigenvalue weighted by Crippen LogP contribution is 2.50. The van der Waals surface area contributed by atoms with Crippen molar-refractivity contribution < 1.29 is 23.0 Å². The van der Waals surface area contributed by atoms with Gasteiger partial charge in [0, 0.05) is 17.9 Å². The number of halogens is 2. The van der Waals surface area contributed by atoms with Crippen molar-refractivity contribution in [2.45, 2.75) is 39.4 Å². The summed E-state index contributed by atoms with van der Waals surface area (Å²) in [4.78, 5) is 10.5. The lowest BCUT2D eigenvalue weighted by Crippen LogP contribution is -2.43. The minimum Gasteiger partial charge on any atom is -0.344 e. The van der Waals surface area contributed by atoms with E-state index in [-0.39, 0.29) is 5.57 Å². The SMILES string of the molecule is CC(=C/C=O)/C=C/C1C(C(F)F)=CC2(CC1(C)C)OCCO2. The van der Waals surface area contributed by atoms with Gasteiger partial charge in [-0.2, -0.15) is 0 Å². The molecule has 1 unspecified atom stereocenters. The Bertz CT molecular complexity index is 512. The molecule has 1 aliphatic heterocycles. The van der Waals surface area contributed by atoms with Crippen LogP contribution in [0, 0.1) is 11.3 Å². The van der Waals surface area contributed by atoms with Crippen LogP contribution in [0.2, 0.25) is 0 Å². The fourth-order valence-corrected chi connectivity index (χ4v) is 3.23. The quantitative estimate of drug-likeness (QED) is 0.344. The second kappa shape index (κ2) is 6.42. The highest BCUT2D eigenvalue weighted by atomic mass is 19.3. The molecule has 0 amide bonds. The highest BCUT2D eigenvalue weighted by molar-refractivity contribution is 5.66. The van der Waals surface area contributed by atoms with Crippen molar-refractivity contribution >= 4 is 6.29 Å². The molecule has 1 aliphatic carbocycles. The van der Waals surface area contributed by atoms with Gasteiger partial charge in [0.15, 0.2) is 5.79 Å². The second-order valence-corrected chi connectivity index (χ2v) is 6.50. The Balaban J connectivity index is 2.37.